The summed E-state index contributed by atoms with van der Waals surface area (Å²) < 4.78 is 49.8. The smallest absolute Gasteiger partial charge is 0.279 e. The Balaban J connectivity index is 2.54. The molecule has 1 atom stereocenters. The first-order valence-electron chi connectivity index (χ1n) is 5.09. The number of alkyl halides is 2. The first-order chi connectivity index (χ1) is 7.45. The largest absolute Gasteiger partial charge is 0.396 e. The van der Waals surface area contributed by atoms with E-state index in [9.17, 15) is 17.2 Å². The molecular weight excluding hydrogens is 242 g/mol. The maximum absolute atomic E-state index is 11.9. The minimum absolute atomic E-state index is 0.0825. The summed E-state index contributed by atoms with van der Waals surface area (Å²) >= 11 is 0. The van der Waals surface area contributed by atoms with Crippen LogP contribution < -0.4 is 4.72 Å². The second-order valence-electron chi connectivity index (χ2n) is 3.79. The first kappa shape index (κ1) is 13.8. The minimum atomic E-state index is -3.83. The van der Waals surface area contributed by atoms with Gasteiger partial charge in [0.1, 0.15) is 0 Å². The van der Waals surface area contributed by atoms with E-state index >= 15 is 0 Å². The van der Waals surface area contributed by atoms with Crippen LogP contribution in [0.25, 0.3) is 0 Å². The number of hydrogen-bond acceptors (Lipinski definition) is 3. The summed E-state index contributed by atoms with van der Waals surface area (Å²) in [6.07, 6.45) is -1.30. The van der Waals surface area contributed by atoms with Gasteiger partial charge in [0.25, 0.3) is 16.6 Å². The van der Waals surface area contributed by atoms with Crippen molar-refractivity contribution in [2.75, 3.05) is 26.2 Å². The molecule has 0 bridgehead atoms. The van der Waals surface area contributed by atoms with Crippen LogP contribution in [0, 0.1) is 5.92 Å². The normalized spacial score (nSPS) is 23.9. The second-order valence-corrected chi connectivity index (χ2v) is 5.55. The summed E-state index contributed by atoms with van der Waals surface area (Å²) in [7, 11) is -3.83. The number of rotatable bonds is 5. The van der Waals surface area contributed by atoms with Crippen molar-refractivity contribution in [1.82, 2.24) is 9.03 Å². The van der Waals surface area contributed by atoms with Crippen molar-refractivity contribution in [2.45, 2.75) is 19.3 Å². The molecular formula is C8H16F2N2O3S. The summed E-state index contributed by atoms with van der Waals surface area (Å²) in [6.45, 7) is -0.451. The number of piperidine rings is 1. The highest BCUT2D eigenvalue weighted by molar-refractivity contribution is 7.87. The van der Waals surface area contributed by atoms with Crippen LogP contribution in [-0.2, 0) is 10.2 Å². The zero-order valence-electron chi connectivity index (χ0n) is 8.77. The standard InChI is InChI=1S/C8H16F2N2O3S/c9-8(10)4-11-16(14,15)12-3-1-2-7(5-12)6-13/h7-8,11,13H,1-6H2. The summed E-state index contributed by atoms with van der Waals surface area (Å²) in [4.78, 5) is 0. The Morgan fingerprint density at radius 1 is 1.50 bits per heavy atom. The Bertz CT molecular complexity index is 310. The average Bonchev–Trinajstić information content (AvgIpc) is 2.27. The monoisotopic (exact) mass is 258 g/mol. The maximum atomic E-state index is 11.9. The summed E-state index contributed by atoms with van der Waals surface area (Å²) in [5, 5.41) is 8.93. The Hall–Kier alpha value is -0.310. The maximum Gasteiger partial charge on any atom is 0.279 e. The average molecular weight is 258 g/mol. The fourth-order valence-electron chi connectivity index (χ4n) is 1.65. The third-order valence-corrected chi connectivity index (χ3v) is 4.04. The molecule has 0 aliphatic carbocycles. The van der Waals surface area contributed by atoms with Crippen LogP contribution in [0.1, 0.15) is 12.8 Å². The SMILES string of the molecule is O=S(=O)(NCC(F)F)N1CCCC(CO)C1. The van der Waals surface area contributed by atoms with Gasteiger partial charge in [0.15, 0.2) is 0 Å². The highest BCUT2D eigenvalue weighted by atomic mass is 32.2. The molecule has 1 heterocycles. The van der Waals surface area contributed by atoms with Crippen molar-refractivity contribution in [3.8, 4) is 0 Å². The van der Waals surface area contributed by atoms with Gasteiger partial charge in [0.05, 0.1) is 6.54 Å². The molecule has 16 heavy (non-hydrogen) atoms. The van der Waals surface area contributed by atoms with Gasteiger partial charge in [-0.05, 0) is 18.8 Å². The molecule has 2 N–H and O–H groups in total. The Morgan fingerprint density at radius 2 is 2.19 bits per heavy atom. The molecule has 0 aromatic rings. The molecule has 0 aromatic carbocycles. The van der Waals surface area contributed by atoms with Gasteiger partial charge in [-0.15, -0.1) is 0 Å². The highest BCUT2D eigenvalue weighted by Crippen LogP contribution is 2.17. The fraction of sp³-hybridized carbons (Fsp3) is 1.00. The van der Waals surface area contributed by atoms with Gasteiger partial charge in [-0.1, -0.05) is 0 Å². The number of halogens is 2. The van der Waals surface area contributed by atoms with E-state index in [0.29, 0.717) is 13.0 Å². The van der Waals surface area contributed by atoms with E-state index in [0.717, 1.165) is 10.7 Å². The van der Waals surface area contributed by atoms with E-state index in [1.165, 1.54) is 0 Å². The molecule has 0 amide bonds. The predicted molar refractivity (Wildman–Crippen MR) is 54.3 cm³/mol. The predicted octanol–water partition coefficient (Wildman–Crippen LogP) is -0.210. The molecule has 0 aromatic heterocycles. The van der Waals surface area contributed by atoms with Crippen LogP contribution in [0.4, 0.5) is 8.78 Å². The Labute approximate surface area is 93.6 Å². The third kappa shape index (κ3) is 3.93. The number of aliphatic hydroxyl groups is 1. The van der Waals surface area contributed by atoms with E-state index in [1.807, 2.05) is 4.72 Å². The molecule has 96 valence electrons. The zero-order valence-corrected chi connectivity index (χ0v) is 9.59. The number of aliphatic hydroxyl groups excluding tert-OH is 1. The van der Waals surface area contributed by atoms with Gasteiger partial charge in [-0.3, -0.25) is 0 Å². The van der Waals surface area contributed by atoms with Crippen LogP contribution >= 0.6 is 0 Å². The van der Waals surface area contributed by atoms with Gasteiger partial charge < -0.3 is 5.11 Å². The minimum Gasteiger partial charge on any atom is -0.396 e. The molecule has 1 rings (SSSR count). The van der Waals surface area contributed by atoms with Gasteiger partial charge in [-0.25, -0.2) is 8.78 Å². The van der Waals surface area contributed by atoms with Crippen LogP contribution in [-0.4, -0.2) is 50.5 Å². The lowest BCUT2D eigenvalue weighted by molar-refractivity contribution is 0.148. The second kappa shape index (κ2) is 5.85. The Morgan fingerprint density at radius 3 is 2.75 bits per heavy atom. The first-order valence-corrected chi connectivity index (χ1v) is 6.53. The van der Waals surface area contributed by atoms with Crippen LogP contribution in [0.2, 0.25) is 0 Å². The van der Waals surface area contributed by atoms with E-state index in [1.54, 1.807) is 0 Å². The van der Waals surface area contributed by atoms with Crippen molar-refractivity contribution in [2.24, 2.45) is 5.92 Å². The van der Waals surface area contributed by atoms with Crippen LogP contribution in [0.15, 0.2) is 0 Å². The topological polar surface area (TPSA) is 69.6 Å². The molecule has 1 aliphatic heterocycles. The van der Waals surface area contributed by atoms with E-state index in [2.05, 4.69) is 0 Å². The molecule has 1 saturated heterocycles. The lowest BCUT2D eigenvalue weighted by Gasteiger charge is -2.30. The van der Waals surface area contributed by atoms with E-state index < -0.39 is 23.2 Å². The molecule has 1 fully saturated rings. The molecule has 8 heteroatoms. The van der Waals surface area contributed by atoms with E-state index in [4.69, 9.17) is 5.11 Å². The van der Waals surface area contributed by atoms with Gasteiger partial charge in [0, 0.05) is 19.7 Å². The number of nitrogens with zero attached hydrogens (tertiary/aromatic N) is 1. The quantitative estimate of drug-likeness (QED) is 0.717. The van der Waals surface area contributed by atoms with Crippen molar-refractivity contribution in [3.05, 3.63) is 0 Å². The summed E-state index contributed by atoms with van der Waals surface area (Å²) in [6, 6.07) is 0. The van der Waals surface area contributed by atoms with Gasteiger partial charge in [0.2, 0.25) is 0 Å². The Kier molecular flexibility index (Phi) is 5.03. The molecule has 0 radical (unpaired) electrons. The highest BCUT2D eigenvalue weighted by Gasteiger charge is 2.28. The number of hydrogen-bond donors (Lipinski definition) is 2. The lowest BCUT2D eigenvalue weighted by atomic mass is 10.0. The van der Waals surface area contributed by atoms with E-state index in [-0.39, 0.29) is 19.1 Å². The lowest BCUT2D eigenvalue weighted by Crippen LogP contribution is -2.47. The van der Waals surface area contributed by atoms with Crippen molar-refractivity contribution >= 4 is 10.2 Å². The molecule has 1 aliphatic rings. The molecule has 0 saturated carbocycles. The van der Waals surface area contributed by atoms with Crippen LogP contribution in [0.5, 0.6) is 0 Å². The number of nitrogens with one attached hydrogen (secondary N) is 1. The van der Waals surface area contributed by atoms with Crippen molar-refractivity contribution in [1.29, 1.82) is 0 Å². The van der Waals surface area contributed by atoms with Crippen LogP contribution in [0.3, 0.4) is 0 Å². The summed E-state index contributed by atoms with van der Waals surface area (Å²) in [5.74, 6) is -0.100. The molecule has 0 spiro atoms. The van der Waals surface area contributed by atoms with Crippen molar-refractivity contribution in [3.63, 3.8) is 0 Å². The molecule has 5 nitrogen and oxygen atoms in total. The van der Waals surface area contributed by atoms with Crippen molar-refractivity contribution < 1.29 is 22.3 Å². The van der Waals surface area contributed by atoms with Gasteiger partial charge >= 0.3 is 0 Å². The zero-order chi connectivity index (χ0) is 12.2. The summed E-state index contributed by atoms with van der Waals surface area (Å²) in [5.41, 5.74) is 0. The third-order valence-electron chi connectivity index (χ3n) is 2.50. The van der Waals surface area contributed by atoms with Gasteiger partial charge in [-0.2, -0.15) is 17.4 Å². The fourth-order valence-corrected chi connectivity index (χ4v) is 2.95. The molecule has 1 unspecified atom stereocenters.